The van der Waals surface area contributed by atoms with Crippen LogP contribution in [0.3, 0.4) is 0 Å². The van der Waals surface area contributed by atoms with Crippen LogP contribution in [0.25, 0.3) is 5.65 Å². The second kappa shape index (κ2) is 3.58. The monoisotopic (exact) mass is 217 g/mol. The summed E-state index contributed by atoms with van der Waals surface area (Å²) in [4.78, 5) is 8.90. The molecule has 3 nitrogen and oxygen atoms in total. The Morgan fingerprint density at radius 2 is 1.81 bits per heavy atom. The third kappa shape index (κ3) is 1.82. The Balaban J connectivity index is 2.65. The molecule has 0 aliphatic heterocycles. The van der Waals surface area contributed by atoms with Crippen molar-refractivity contribution in [3.05, 3.63) is 30.0 Å². The number of nitrogens with zero attached hydrogens (tertiary/aromatic N) is 3. The molecule has 0 aromatic carbocycles. The smallest absolute Gasteiger partial charge is 0.156 e. The van der Waals surface area contributed by atoms with Gasteiger partial charge in [0.1, 0.15) is 5.82 Å². The molecule has 0 radical (unpaired) electrons. The molecular formula is C13H19N3. The maximum absolute atomic E-state index is 4.47. The Kier molecular flexibility index (Phi) is 2.49. The second-order valence-corrected chi connectivity index (χ2v) is 5.60. The summed E-state index contributed by atoms with van der Waals surface area (Å²) < 4.78 is 2.11. The molecule has 0 amide bonds. The molecule has 2 heterocycles. The molecule has 0 spiro atoms. The number of imidazole rings is 1. The van der Waals surface area contributed by atoms with Crippen molar-refractivity contribution in [2.45, 2.75) is 46.0 Å². The predicted octanol–water partition coefficient (Wildman–Crippen LogP) is 3.15. The lowest BCUT2D eigenvalue weighted by molar-refractivity contribution is 0.541. The van der Waals surface area contributed by atoms with Crippen molar-refractivity contribution in [3.63, 3.8) is 0 Å². The molecule has 0 N–H and O–H groups in total. The zero-order valence-corrected chi connectivity index (χ0v) is 10.7. The summed E-state index contributed by atoms with van der Waals surface area (Å²) in [5.74, 6) is 1.56. The summed E-state index contributed by atoms with van der Waals surface area (Å²) in [6.45, 7) is 10.9. The molecule has 2 aromatic rings. The van der Waals surface area contributed by atoms with Crippen LogP contribution in [0.4, 0.5) is 0 Å². The van der Waals surface area contributed by atoms with Gasteiger partial charge >= 0.3 is 0 Å². The van der Waals surface area contributed by atoms with E-state index in [0.717, 1.165) is 11.5 Å². The fraction of sp³-hybridized carbons (Fsp3) is 0.538. The predicted molar refractivity (Wildman–Crippen MR) is 65.8 cm³/mol. The first-order valence-corrected chi connectivity index (χ1v) is 5.73. The molecule has 16 heavy (non-hydrogen) atoms. The number of aromatic nitrogens is 3. The lowest BCUT2D eigenvalue weighted by Crippen LogP contribution is -2.16. The van der Waals surface area contributed by atoms with Gasteiger partial charge < -0.3 is 0 Å². The van der Waals surface area contributed by atoms with Gasteiger partial charge in [0.15, 0.2) is 5.65 Å². The van der Waals surface area contributed by atoms with Gasteiger partial charge in [0.25, 0.3) is 0 Å². The zero-order valence-electron chi connectivity index (χ0n) is 10.7. The van der Waals surface area contributed by atoms with E-state index in [1.807, 2.05) is 12.4 Å². The summed E-state index contributed by atoms with van der Waals surface area (Å²) in [6, 6.07) is 0. The van der Waals surface area contributed by atoms with E-state index in [1.165, 1.54) is 5.56 Å². The minimum Gasteiger partial charge on any atom is -0.287 e. The standard InChI is InChI=1S/C13H19N3/c1-9(2)10-6-14-11-7-15-12(13(3,4)5)16(11)8-10/h6-9H,1-5H3. The van der Waals surface area contributed by atoms with Gasteiger partial charge in [0.2, 0.25) is 0 Å². The Morgan fingerprint density at radius 3 is 2.38 bits per heavy atom. The number of fused-ring (bicyclic) bond motifs is 1. The van der Waals surface area contributed by atoms with Crippen LogP contribution in [0.15, 0.2) is 18.6 Å². The van der Waals surface area contributed by atoms with Crippen molar-refractivity contribution < 1.29 is 0 Å². The lowest BCUT2D eigenvalue weighted by Gasteiger charge is -2.17. The van der Waals surface area contributed by atoms with Crippen LogP contribution < -0.4 is 0 Å². The minimum absolute atomic E-state index is 0.0453. The van der Waals surface area contributed by atoms with Crippen molar-refractivity contribution in [2.24, 2.45) is 0 Å². The molecule has 0 saturated carbocycles. The van der Waals surface area contributed by atoms with E-state index in [-0.39, 0.29) is 5.41 Å². The van der Waals surface area contributed by atoms with E-state index in [0.29, 0.717) is 5.92 Å². The molecule has 0 aliphatic carbocycles. The van der Waals surface area contributed by atoms with Gasteiger partial charge in [-0.25, -0.2) is 9.97 Å². The molecule has 0 aliphatic rings. The average Bonchev–Trinajstić information content (AvgIpc) is 2.58. The Bertz CT molecular complexity index is 503. The number of hydrogen-bond acceptors (Lipinski definition) is 2. The van der Waals surface area contributed by atoms with Crippen LogP contribution in [-0.4, -0.2) is 14.4 Å². The number of hydrogen-bond donors (Lipinski definition) is 0. The Labute approximate surface area is 96.5 Å². The van der Waals surface area contributed by atoms with Crippen LogP contribution >= 0.6 is 0 Å². The molecule has 0 saturated heterocycles. The summed E-state index contributed by atoms with van der Waals surface area (Å²) in [7, 11) is 0. The van der Waals surface area contributed by atoms with Crippen LogP contribution in [0.2, 0.25) is 0 Å². The highest BCUT2D eigenvalue weighted by atomic mass is 15.1. The van der Waals surface area contributed by atoms with E-state index in [4.69, 9.17) is 0 Å². The topological polar surface area (TPSA) is 30.2 Å². The van der Waals surface area contributed by atoms with E-state index in [9.17, 15) is 0 Å². The summed E-state index contributed by atoms with van der Waals surface area (Å²) >= 11 is 0. The summed E-state index contributed by atoms with van der Waals surface area (Å²) in [5, 5.41) is 0. The van der Waals surface area contributed by atoms with Gasteiger partial charge in [-0.3, -0.25) is 4.40 Å². The fourth-order valence-corrected chi connectivity index (χ4v) is 1.75. The molecule has 3 heteroatoms. The van der Waals surface area contributed by atoms with Crippen molar-refractivity contribution in [1.29, 1.82) is 0 Å². The first-order chi connectivity index (χ1) is 7.39. The second-order valence-electron chi connectivity index (χ2n) is 5.60. The molecule has 2 rings (SSSR count). The molecule has 0 bridgehead atoms. The van der Waals surface area contributed by atoms with E-state index in [1.54, 1.807) is 0 Å². The van der Waals surface area contributed by atoms with Crippen molar-refractivity contribution in [1.82, 2.24) is 14.4 Å². The largest absolute Gasteiger partial charge is 0.287 e. The molecule has 0 fully saturated rings. The lowest BCUT2D eigenvalue weighted by atomic mass is 9.96. The van der Waals surface area contributed by atoms with Gasteiger partial charge in [-0.15, -0.1) is 0 Å². The van der Waals surface area contributed by atoms with Crippen LogP contribution in [-0.2, 0) is 5.41 Å². The maximum Gasteiger partial charge on any atom is 0.156 e. The van der Waals surface area contributed by atoms with Crippen LogP contribution in [0.5, 0.6) is 0 Å². The SMILES string of the molecule is CC(C)c1cnc2cnc(C(C)(C)C)n2c1. The third-order valence-corrected chi connectivity index (χ3v) is 2.74. The molecule has 2 aromatic heterocycles. The van der Waals surface area contributed by atoms with Crippen molar-refractivity contribution >= 4 is 5.65 Å². The Morgan fingerprint density at radius 1 is 1.12 bits per heavy atom. The normalized spacial score (nSPS) is 12.6. The average molecular weight is 217 g/mol. The zero-order chi connectivity index (χ0) is 11.9. The van der Waals surface area contributed by atoms with E-state index < -0.39 is 0 Å². The first-order valence-electron chi connectivity index (χ1n) is 5.73. The van der Waals surface area contributed by atoms with Crippen molar-refractivity contribution in [3.8, 4) is 0 Å². The quantitative estimate of drug-likeness (QED) is 0.734. The summed E-state index contributed by atoms with van der Waals surface area (Å²) in [5.41, 5.74) is 2.22. The highest BCUT2D eigenvalue weighted by Crippen LogP contribution is 2.22. The highest BCUT2D eigenvalue weighted by Gasteiger charge is 2.20. The third-order valence-electron chi connectivity index (χ3n) is 2.74. The minimum atomic E-state index is 0.0453. The molecule has 0 unspecified atom stereocenters. The van der Waals surface area contributed by atoms with Crippen LogP contribution in [0, 0.1) is 0 Å². The fourth-order valence-electron chi connectivity index (χ4n) is 1.75. The highest BCUT2D eigenvalue weighted by molar-refractivity contribution is 5.39. The number of rotatable bonds is 1. The van der Waals surface area contributed by atoms with E-state index >= 15 is 0 Å². The first kappa shape index (κ1) is 11.1. The van der Waals surface area contributed by atoms with Gasteiger partial charge in [0.05, 0.1) is 6.20 Å². The summed E-state index contributed by atoms with van der Waals surface area (Å²) in [6.07, 6.45) is 5.93. The van der Waals surface area contributed by atoms with Gasteiger partial charge in [0, 0.05) is 17.8 Å². The van der Waals surface area contributed by atoms with E-state index in [2.05, 4.69) is 55.2 Å². The molecule has 86 valence electrons. The Hall–Kier alpha value is -1.38. The molecular weight excluding hydrogens is 198 g/mol. The maximum atomic E-state index is 4.47. The van der Waals surface area contributed by atoms with Gasteiger partial charge in [-0.2, -0.15) is 0 Å². The van der Waals surface area contributed by atoms with Gasteiger partial charge in [-0.05, 0) is 11.5 Å². The van der Waals surface area contributed by atoms with Crippen molar-refractivity contribution in [2.75, 3.05) is 0 Å². The van der Waals surface area contributed by atoms with Gasteiger partial charge in [-0.1, -0.05) is 34.6 Å². The molecule has 0 atom stereocenters. The van der Waals surface area contributed by atoms with Crippen LogP contribution in [0.1, 0.15) is 51.9 Å².